The summed E-state index contributed by atoms with van der Waals surface area (Å²) < 4.78 is 2.93. The smallest absolute Gasteiger partial charge is 0.250 e. The Balaban J connectivity index is 1.51. The number of hydrogen-bond donors (Lipinski definition) is 1. The van der Waals surface area contributed by atoms with Crippen LogP contribution in [0.4, 0.5) is 0 Å². The first-order valence-electron chi connectivity index (χ1n) is 10.00. The van der Waals surface area contributed by atoms with Gasteiger partial charge < -0.3 is 0 Å². The lowest BCUT2D eigenvalue weighted by molar-refractivity contribution is -0.118. The van der Waals surface area contributed by atoms with Gasteiger partial charge in [0.05, 0.1) is 11.5 Å². The number of benzene rings is 3. The minimum absolute atomic E-state index is 0.142. The summed E-state index contributed by atoms with van der Waals surface area (Å²) in [6, 6.07) is 25.0. The molecule has 0 bridgehead atoms. The molecule has 166 valence electrons. The van der Waals surface area contributed by atoms with Crippen LogP contribution in [0.25, 0.3) is 17.1 Å². The largest absolute Gasteiger partial charge is 0.272 e. The highest BCUT2D eigenvalue weighted by Gasteiger charge is 2.17. The predicted octanol–water partition coefficient (Wildman–Crippen LogP) is 5.98. The Kier molecular flexibility index (Phi) is 7.59. The third-order valence-corrected chi connectivity index (χ3v) is 6.40. The van der Waals surface area contributed by atoms with Crippen LogP contribution < -0.4 is 5.43 Å². The maximum atomic E-state index is 12.4. The highest BCUT2D eigenvalue weighted by molar-refractivity contribution is 9.10. The number of thioether (sulfide) groups is 1. The molecule has 0 atom stereocenters. The molecular formula is C24H19BrClN5OS. The molecule has 0 saturated carbocycles. The molecule has 6 nitrogen and oxygen atoms in total. The minimum atomic E-state index is -0.235. The van der Waals surface area contributed by atoms with Crippen LogP contribution in [0.2, 0.25) is 5.02 Å². The summed E-state index contributed by atoms with van der Waals surface area (Å²) in [6.07, 6.45) is 0. The summed E-state index contributed by atoms with van der Waals surface area (Å²) in [5, 5.41) is 14.2. The van der Waals surface area contributed by atoms with Crippen LogP contribution in [0.15, 0.2) is 93.6 Å². The van der Waals surface area contributed by atoms with E-state index in [0.29, 0.717) is 21.7 Å². The number of aromatic nitrogens is 3. The molecule has 1 heterocycles. The average Bonchev–Trinajstić information content (AvgIpc) is 3.26. The Morgan fingerprint density at radius 1 is 1.03 bits per heavy atom. The maximum absolute atomic E-state index is 12.4. The van der Waals surface area contributed by atoms with Crippen molar-refractivity contribution in [1.82, 2.24) is 20.2 Å². The van der Waals surface area contributed by atoms with Gasteiger partial charge in [0.2, 0.25) is 0 Å². The van der Waals surface area contributed by atoms with Gasteiger partial charge in [0, 0.05) is 20.7 Å². The van der Waals surface area contributed by atoms with Gasteiger partial charge in [0.1, 0.15) is 0 Å². The molecule has 0 aliphatic carbocycles. The average molecular weight is 541 g/mol. The van der Waals surface area contributed by atoms with Gasteiger partial charge in [-0.25, -0.2) is 5.43 Å². The Hall–Kier alpha value is -2.94. The molecule has 1 amide bonds. The SMILES string of the molecule is CC(=NNC(=O)CSc1nnc(-c2ccc(Br)cc2)n1-c1ccccc1)c1ccc(Cl)cc1. The minimum Gasteiger partial charge on any atom is -0.272 e. The van der Waals surface area contributed by atoms with E-state index in [1.165, 1.54) is 11.8 Å². The Morgan fingerprint density at radius 3 is 2.42 bits per heavy atom. The van der Waals surface area contributed by atoms with E-state index in [2.05, 4.69) is 36.7 Å². The van der Waals surface area contributed by atoms with Crippen molar-refractivity contribution in [1.29, 1.82) is 0 Å². The van der Waals surface area contributed by atoms with Crippen LogP contribution in [0.1, 0.15) is 12.5 Å². The number of nitrogens with one attached hydrogen (secondary N) is 1. The zero-order chi connectivity index (χ0) is 23.2. The Labute approximate surface area is 209 Å². The zero-order valence-corrected chi connectivity index (χ0v) is 20.7. The quantitative estimate of drug-likeness (QED) is 0.178. The van der Waals surface area contributed by atoms with Crippen molar-refractivity contribution in [3.8, 4) is 17.1 Å². The summed E-state index contributed by atoms with van der Waals surface area (Å²) in [5.41, 5.74) is 6.02. The zero-order valence-electron chi connectivity index (χ0n) is 17.6. The van der Waals surface area contributed by atoms with Gasteiger partial charge in [-0.05, 0) is 48.9 Å². The molecule has 0 unspecified atom stereocenters. The predicted molar refractivity (Wildman–Crippen MR) is 137 cm³/mol. The van der Waals surface area contributed by atoms with Crippen molar-refractivity contribution < 1.29 is 4.79 Å². The molecule has 0 radical (unpaired) electrons. The number of para-hydroxylation sites is 1. The first kappa shape index (κ1) is 23.2. The number of hydrogen-bond acceptors (Lipinski definition) is 5. The van der Waals surface area contributed by atoms with Gasteiger partial charge in [-0.2, -0.15) is 5.10 Å². The fourth-order valence-corrected chi connectivity index (χ4v) is 4.16. The summed E-state index contributed by atoms with van der Waals surface area (Å²) >= 11 is 10.7. The number of nitrogens with zero attached hydrogens (tertiary/aromatic N) is 4. The van der Waals surface area contributed by atoms with Crippen LogP contribution in [-0.2, 0) is 4.79 Å². The van der Waals surface area contributed by atoms with Crippen LogP contribution in [-0.4, -0.2) is 32.1 Å². The van der Waals surface area contributed by atoms with Crippen molar-refractivity contribution in [3.63, 3.8) is 0 Å². The van der Waals surface area contributed by atoms with E-state index in [9.17, 15) is 4.79 Å². The Morgan fingerprint density at radius 2 is 1.73 bits per heavy atom. The fourth-order valence-electron chi connectivity index (χ4n) is 3.02. The van der Waals surface area contributed by atoms with E-state index in [1.807, 2.05) is 78.2 Å². The van der Waals surface area contributed by atoms with E-state index in [4.69, 9.17) is 11.6 Å². The summed E-state index contributed by atoms with van der Waals surface area (Å²) in [7, 11) is 0. The molecule has 3 aromatic carbocycles. The lowest BCUT2D eigenvalue weighted by Crippen LogP contribution is -2.21. The number of amides is 1. The number of hydrazone groups is 1. The lowest BCUT2D eigenvalue weighted by atomic mass is 10.1. The van der Waals surface area contributed by atoms with Gasteiger partial charge in [0.25, 0.3) is 5.91 Å². The van der Waals surface area contributed by atoms with Crippen molar-refractivity contribution >= 4 is 50.9 Å². The molecule has 1 aromatic heterocycles. The molecule has 0 spiro atoms. The maximum Gasteiger partial charge on any atom is 0.250 e. The molecule has 4 rings (SSSR count). The molecule has 1 N–H and O–H groups in total. The van der Waals surface area contributed by atoms with Gasteiger partial charge in [-0.1, -0.05) is 81.8 Å². The third-order valence-electron chi connectivity index (χ3n) is 4.69. The van der Waals surface area contributed by atoms with Crippen LogP contribution in [0, 0.1) is 0 Å². The van der Waals surface area contributed by atoms with Gasteiger partial charge >= 0.3 is 0 Å². The topological polar surface area (TPSA) is 72.2 Å². The summed E-state index contributed by atoms with van der Waals surface area (Å²) in [6.45, 7) is 1.83. The van der Waals surface area contributed by atoms with Crippen molar-refractivity contribution in [2.75, 3.05) is 5.75 Å². The Bertz CT molecular complexity index is 1270. The van der Waals surface area contributed by atoms with E-state index >= 15 is 0 Å². The number of rotatable bonds is 7. The second kappa shape index (κ2) is 10.8. The van der Waals surface area contributed by atoms with Gasteiger partial charge in [-0.15, -0.1) is 10.2 Å². The number of halogens is 2. The van der Waals surface area contributed by atoms with Crippen LogP contribution in [0.5, 0.6) is 0 Å². The molecular weight excluding hydrogens is 522 g/mol. The standard InChI is InChI=1S/C24H19BrClN5OS/c1-16(17-9-13-20(26)14-10-17)27-28-22(32)15-33-24-30-29-23(18-7-11-19(25)12-8-18)31(24)21-5-3-2-4-6-21/h2-14H,15H2,1H3,(H,28,32). The number of carbonyl (C=O) groups is 1. The summed E-state index contributed by atoms with van der Waals surface area (Å²) in [4.78, 5) is 12.4. The highest BCUT2D eigenvalue weighted by Crippen LogP contribution is 2.28. The van der Waals surface area contributed by atoms with E-state index in [-0.39, 0.29) is 11.7 Å². The monoisotopic (exact) mass is 539 g/mol. The molecule has 0 fully saturated rings. The second-order valence-electron chi connectivity index (χ2n) is 7.01. The van der Waals surface area contributed by atoms with Crippen molar-refractivity contribution in [2.45, 2.75) is 12.1 Å². The third kappa shape index (κ3) is 5.90. The van der Waals surface area contributed by atoms with Crippen molar-refractivity contribution in [2.24, 2.45) is 5.10 Å². The molecule has 4 aromatic rings. The van der Waals surface area contributed by atoms with Crippen LogP contribution in [0.3, 0.4) is 0 Å². The molecule has 9 heteroatoms. The first-order valence-corrected chi connectivity index (χ1v) is 12.2. The van der Waals surface area contributed by atoms with Gasteiger partial charge in [0.15, 0.2) is 11.0 Å². The highest BCUT2D eigenvalue weighted by atomic mass is 79.9. The summed E-state index contributed by atoms with van der Waals surface area (Å²) in [5.74, 6) is 0.609. The van der Waals surface area contributed by atoms with E-state index in [0.717, 1.165) is 21.3 Å². The van der Waals surface area contributed by atoms with Crippen molar-refractivity contribution in [3.05, 3.63) is 93.9 Å². The molecule has 33 heavy (non-hydrogen) atoms. The fraction of sp³-hybridized carbons (Fsp3) is 0.0833. The molecule has 0 aliphatic heterocycles. The normalized spacial score (nSPS) is 11.4. The first-order chi connectivity index (χ1) is 16.0. The molecule has 0 saturated heterocycles. The van der Waals surface area contributed by atoms with Gasteiger partial charge in [-0.3, -0.25) is 9.36 Å². The second-order valence-corrected chi connectivity index (χ2v) is 9.31. The number of carbonyl (C=O) groups excluding carboxylic acids is 1. The molecule has 0 aliphatic rings. The van der Waals surface area contributed by atoms with E-state index < -0.39 is 0 Å². The van der Waals surface area contributed by atoms with Crippen LogP contribution >= 0.6 is 39.3 Å². The lowest BCUT2D eigenvalue weighted by Gasteiger charge is -2.10. The van der Waals surface area contributed by atoms with E-state index in [1.54, 1.807) is 12.1 Å².